The Morgan fingerprint density at radius 3 is 2.32 bits per heavy atom. The van der Waals surface area contributed by atoms with Crippen molar-refractivity contribution < 1.29 is 4.79 Å². The van der Waals surface area contributed by atoms with Crippen molar-refractivity contribution in [2.24, 2.45) is 0 Å². The van der Waals surface area contributed by atoms with Crippen molar-refractivity contribution in [3.05, 3.63) is 28.2 Å². The molecular formula is C18H24Cl5N3OS. The second kappa shape index (κ2) is 13.2. The van der Waals surface area contributed by atoms with E-state index in [-0.39, 0.29) is 11.0 Å². The van der Waals surface area contributed by atoms with Gasteiger partial charge in [0.2, 0.25) is 9.70 Å². The van der Waals surface area contributed by atoms with E-state index < -0.39 is 9.96 Å². The van der Waals surface area contributed by atoms with Crippen molar-refractivity contribution >= 4 is 86.9 Å². The lowest BCUT2D eigenvalue weighted by molar-refractivity contribution is -0.122. The van der Waals surface area contributed by atoms with Gasteiger partial charge in [-0.25, -0.2) is 0 Å². The fourth-order valence-electron chi connectivity index (χ4n) is 2.38. The number of nitrogens with one attached hydrogen (secondary N) is 3. The number of hydrogen-bond donors (Lipinski definition) is 3. The number of anilines is 1. The Morgan fingerprint density at radius 1 is 1.07 bits per heavy atom. The first-order valence-corrected chi connectivity index (χ1v) is 11.3. The van der Waals surface area contributed by atoms with Gasteiger partial charge in [0.15, 0.2) is 5.11 Å². The molecule has 0 radical (unpaired) electrons. The SMILES string of the molecule is CCCCCCCCC(=O)N[C@@H](NC(=S)Nc1ccc(Cl)cc1Cl)C(Cl)(Cl)Cl. The molecule has 158 valence electrons. The first kappa shape index (κ1) is 25.9. The van der Waals surface area contributed by atoms with Crippen LogP contribution in [0.1, 0.15) is 51.9 Å². The molecule has 0 aromatic heterocycles. The molecule has 3 N–H and O–H groups in total. The smallest absolute Gasteiger partial charge is 0.228 e. The third-order valence-corrected chi connectivity index (χ3v) is 5.27. The molecule has 0 saturated carbocycles. The van der Waals surface area contributed by atoms with Crippen molar-refractivity contribution in [3.63, 3.8) is 0 Å². The lowest BCUT2D eigenvalue weighted by Gasteiger charge is -2.28. The third kappa shape index (κ3) is 10.6. The number of amides is 1. The zero-order valence-electron chi connectivity index (χ0n) is 15.5. The summed E-state index contributed by atoms with van der Waals surface area (Å²) in [4.78, 5) is 12.2. The van der Waals surface area contributed by atoms with Crippen molar-refractivity contribution in [2.75, 3.05) is 5.32 Å². The van der Waals surface area contributed by atoms with E-state index >= 15 is 0 Å². The van der Waals surface area contributed by atoms with E-state index in [0.29, 0.717) is 22.2 Å². The molecule has 28 heavy (non-hydrogen) atoms. The Balaban J connectivity index is 2.53. The normalized spacial score (nSPS) is 12.4. The van der Waals surface area contributed by atoms with Gasteiger partial charge in [0.25, 0.3) is 0 Å². The van der Waals surface area contributed by atoms with Crippen molar-refractivity contribution in [2.45, 2.75) is 61.8 Å². The molecule has 0 saturated heterocycles. The number of unbranched alkanes of at least 4 members (excludes halogenated alkanes) is 5. The van der Waals surface area contributed by atoms with Crippen LogP contribution >= 0.6 is 70.2 Å². The summed E-state index contributed by atoms with van der Waals surface area (Å²) in [6, 6.07) is 4.90. The number of thiocarbonyl (C=S) groups is 1. The highest BCUT2D eigenvalue weighted by Crippen LogP contribution is 2.30. The first-order chi connectivity index (χ1) is 13.1. The fourth-order valence-corrected chi connectivity index (χ4v) is 3.39. The van der Waals surface area contributed by atoms with Gasteiger partial charge in [0.1, 0.15) is 6.17 Å². The van der Waals surface area contributed by atoms with Gasteiger partial charge in [-0.3, -0.25) is 4.79 Å². The maximum atomic E-state index is 12.2. The van der Waals surface area contributed by atoms with Gasteiger partial charge in [-0.05, 0) is 36.8 Å². The van der Waals surface area contributed by atoms with Gasteiger partial charge in [-0.15, -0.1) is 0 Å². The molecule has 1 amide bonds. The third-order valence-electron chi connectivity index (χ3n) is 3.84. The average Bonchev–Trinajstić information content (AvgIpc) is 2.59. The number of rotatable bonds is 10. The Hall–Kier alpha value is -0.170. The van der Waals surface area contributed by atoms with Crippen LogP contribution in [-0.4, -0.2) is 21.0 Å². The zero-order chi connectivity index (χ0) is 21.2. The summed E-state index contributed by atoms with van der Waals surface area (Å²) in [5.74, 6) is -0.216. The van der Waals surface area contributed by atoms with Crippen LogP contribution in [0, 0.1) is 0 Å². The molecule has 1 rings (SSSR count). The molecule has 4 nitrogen and oxygen atoms in total. The van der Waals surface area contributed by atoms with Gasteiger partial charge < -0.3 is 16.0 Å². The number of halogens is 5. The Morgan fingerprint density at radius 2 is 1.71 bits per heavy atom. The second-order valence-corrected chi connectivity index (χ2v) is 9.90. The van der Waals surface area contributed by atoms with E-state index in [4.69, 9.17) is 70.2 Å². The topological polar surface area (TPSA) is 53.2 Å². The molecule has 1 atom stereocenters. The predicted molar refractivity (Wildman–Crippen MR) is 126 cm³/mol. The standard InChI is InChI=1S/C18H24Cl5N3OS/c1-2-3-4-5-6-7-8-15(27)25-16(18(21,22)23)26-17(28)24-14-10-9-12(19)11-13(14)20/h9-11,16H,2-8H2,1H3,(H,25,27)(H2,24,26,28)/t16-/m0/s1. The first-order valence-electron chi connectivity index (χ1n) is 9.02. The number of carbonyl (C=O) groups excluding carboxylic acids is 1. The highest BCUT2D eigenvalue weighted by Gasteiger charge is 2.34. The molecule has 10 heteroatoms. The molecule has 0 unspecified atom stereocenters. The minimum Gasteiger partial charge on any atom is -0.339 e. The van der Waals surface area contributed by atoms with Crippen LogP contribution in [0.15, 0.2) is 18.2 Å². The highest BCUT2D eigenvalue weighted by molar-refractivity contribution is 7.80. The van der Waals surface area contributed by atoms with E-state index in [9.17, 15) is 4.79 Å². The van der Waals surface area contributed by atoms with Crippen LogP contribution in [-0.2, 0) is 4.79 Å². The summed E-state index contributed by atoms with van der Waals surface area (Å²) in [5, 5.41) is 9.38. The van der Waals surface area contributed by atoms with E-state index in [1.165, 1.54) is 19.3 Å². The number of benzene rings is 1. The van der Waals surface area contributed by atoms with Crippen LogP contribution < -0.4 is 16.0 Å². The van der Waals surface area contributed by atoms with E-state index in [1.807, 2.05) is 0 Å². The fraction of sp³-hybridized carbons (Fsp3) is 0.556. The van der Waals surface area contributed by atoms with Crippen LogP contribution in [0.2, 0.25) is 10.0 Å². The van der Waals surface area contributed by atoms with Crippen molar-refractivity contribution in [3.8, 4) is 0 Å². The largest absolute Gasteiger partial charge is 0.339 e. The summed E-state index contributed by atoms with van der Waals surface area (Å²) in [5.41, 5.74) is 0.532. The van der Waals surface area contributed by atoms with Crippen LogP contribution in [0.25, 0.3) is 0 Å². The Bertz CT molecular complexity index is 655. The van der Waals surface area contributed by atoms with Crippen LogP contribution in [0.4, 0.5) is 5.69 Å². The summed E-state index contributed by atoms with van der Waals surface area (Å²) in [7, 11) is 0. The lowest BCUT2D eigenvalue weighted by atomic mass is 10.1. The summed E-state index contributed by atoms with van der Waals surface area (Å²) in [6.07, 6.45) is 5.83. The molecule has 1 aromatic rings. The van der Waals surface area contributed by atoms with E-state index in [2.05, 4.69) is 22.9 Å². The highest BCUT2D eigenvalue weighted by atomic mass is 35.6. The monoisotopic (exact) mass is 505 g/mol. The summed E-state index contributed by atoms with van der Waals surface area (Å²) in [6.45, 7) is 2.16. The number of hydrogen-bond acceptors (Lipinski definition) is 2. The van der Waals surface area contributed by atoms with Gasteiger partial charge in [-0.1, -0.05) is 97.0 Å². The van der Waals surface area contributed by atoms with Gasteiger partial charge in [-0.2, -0.15) is 0 Å². The van der Waals surface area contributed by atoms with Crippen LogP contribution in [0.3, 0.4) is 0 Å². The molecule has 0 aliphatic rings. The predicted octanol–water partition coefficient (Wildman–Crippen LogP) is 6.84. The molecule has 0 heterocycles. The van der Waals surface area contributed by atoms with Crippen LogP contribution in [0.5, 0.6) is 0 Å². The van der Waals surface area contributed by atoms with Crippen molar-refractivity contribution in [1.82, 2.24) is 10.6 Å². The minimum atomic E-state index is -1.80. The minimum absolute atomic E-state index is 0.139. The van der Waals surface area contributed by atoms with Gasteiger partial charge >= 0.3 is 0 Å². The summed E-state index contributed by atoms with van der Waals surface area (Å²) < 4.78 is -1.80. The maximum absolute atomic E-state index is 12.2. The summed E-state index contributed by atoms with van der Waals surface area (Å²) >= 11 is 35.2. The lowest BCUT2D eigenvalue weighted by Crippen LogP contribution is -2.56. The number of carbonyl (C=O) groups is 1. The quantitative estimate of drug-likeness (QED) is 0.140. The number of alkyl halides is 3. The average molecular weight is 508 g/mol. The molecule has 0 bridgehead atoms. The van der Waals surface area contributed by atoms with E-state index in [0.717, 1.165) is 19.3 Å². The molecule has 1 aromatic carbocycles. The molecule has 0 aliphatic carbocycles. The Labute approximate surface area is 196 Å². The molecule has 0 fully saturated rings. The molecule has 0 aliphatic heterocycles. The van der Waals surface area contributed by atoms with E-state index in [1.54, 1.807) is 18.2 Å². The molecular weight excluding hydrogens is 484 g/mol. The Kier molecular flexibility index (Phi) is 12.2. The van der Waals surface area contributed by atoms with Gasteiger partial charge in [0.05, 0.1) is 10.7 Å². The second-order valence-electron chi connectivity index (χ2n) is 6.28. The van der Waals surface area contributed by atoms with Gasteiger partial charge in [0, 0.05) is 11.4 Å². The molecule has 0 spiro atoms. The zero-order valence-corrected chi connectivity index (χ0v) is 20.1. The maximum Gasteiger partial charge on any atom is 0.228 e. The van der Waals surface area contributed by atoms with Crippen molar-refractivity contribution in [1.29, 1.82) is 0 Å².